The molecule has 0 saturated carbocycles. The van der Waals surface area contributed by atoms with E-state index in [1.807, 2.05) is 49.4 Å². The average molecular weight is 409 g/mol. The highest BCUT2D eigenvalue weighted by molar-refractivity contribution is 6.31. The molecular formula is C24H21ClO4. The molecule has 3 rings (SSSR count). The highest BCUT2D eigenvalue weighted by Crippen LogP contribution is 2.30. The largest absolute Gasteiger partial charge is 0.508 e. The van der Waals surface area contributed by atoms with Crippen molar-refractivity contribution in [2.45, 2.75) is 13.5 Å². The van der Waals surface area contributed by atoms with Crippen molar-refractivity contribution in [2.24, 2.45) is 0 Å². The first-order valence-electron chi connectivity index (χ1n) is 9.21. The molecule has 0 saturated heterocycles. The fourth-order valence-electron chi connectivity index (χ4n) is 2.68. The number of allylic oxidation sites excluding steroid dienone is 1. The number of rotatable bonds is 8. The zero-order valence-electron chi connectivity index (χ0n) is 16.0. The Kier molecular flexibility index (Phi) is 6.93. The van der Waals surface area contributed by atoms with Crippen molar-refractivity contribution >= 4 is 23.5 Å². The first-order valence-corrected chi connectivity index (χ1v) is 9.59. The van der Waals surface area contributed by atoms with Crippen LogP contribution in [0.5, 0.6) is 17.2 Å². The van der Waals surface area contributed by atoms with E-state index in [1.54, 1.807) is 18.2 Å². The number of carbonyl (C=O) groups excluding carboxylic acids is 1. The molecule has 0 aliphatic carbocycles. The summed E-state index contributed by atoms with van der Waals surface area (Å²) in [5.41, 5.74) is 2.20. The Morgan fingerprint density at radius 2 is 1.76 bits per heavy atom. The number of carbonyl (C=O) groups is 1. The van der Waals surface area contributed by atoms with Crippen LogP contribution in [0.1, 0.15) is 28.4 Å². The van der Waals surface area contributed by atoms with E-state index < -0.39 is 0 Å². The van der Waals surface area contributed by atoms with Crippen molar-refractivity contribution in [2.75, 3.05) is 6.61 Å². The quantitative estimate of drug-likeness (QED) is 0.371. The number of phenols is 1. The SMILES string of the molecule is CCOc1cc(C=CC(=O)c2ccc(O)cc2)ccc1OCc1ccccc1Cl. The standard InChI is InChI=1S/C24H21ClO4/c1-2-28-24-15-17(7-13-22(27)18-9-11-20(26)12-10-18)8-14-23(24)29-16-19-5-3-4-6-21(19)25/h3-15,26H,2,16H2,1H3. The van der Waals surface area contributed by atoms with Crippen LogP contribution < -0.4 is 9.47 Å². The predicted molar refractivity (Wildman–Crippen MR) is 115 cm³/mol. The number of aromatic hydroxyl groups is 1. The normalized spacial score (nSPS) is 10.8. The Hall–Kier alpha value is -3.24. The second-order valence-corrected chi connectivity index (χ2v) is 6.67. The molecule has 4 nitrogen and oxygen atoms in total. The predicted octanol–water partition coefficient (Wildman–Crippen LogP) is 5.92. The number of hydrogen-bond acceptors (Lipinski definition) is 4. The summed E-state index contributed by atoms with van der Waals surface area (Å²) in [6, 6.07) is 19.1. The first kappa shape index (κ1) is 20.5. The molecule has 5 heteroatoms. The molecular weight excluding hydrogens is 388 g/mol. The minimum absolute atomic E-state index is 0.124. The minimum atomic E-state index is -0.151. The summed E-state index contributed by atoms with van der Waals surface area (Å²) >= 11 is 6.18. The molecule has 0 aliphatic rings. The molecule has 1 N–H and O–H groups in total. The van der Waals surface area contributed by atoms with E-state index in [-0.39, 0.29) is 11.5 Å². The Morgan fingerprint density at radius 1 is 1.00 bits per heavy atom. The monoisotopic (exact) mass is 408 g/mol. The van der Waals surface area contributed by atoms with Crippen LogP contribution in [-0.4, -0.2) is 17.5 Å². The van der Waals surface area contributed by atoms with Crippen LogP contribution in [0.3, 0.4) is 0 Å². The van der Waals surface area contributed by atoms with Crippen LogP contribution >= 0.6 is 11.6 Å². The number of hydrogen-bond donors (Lipinski definition) is 1. The zero-order chi connectivity index (χ0) is 20.6. The number of halogens is 1. The van der Waals surface area contributed by atoms with E-state index in [9.17, 15) is 9.90 Å². The van der Waals surface area contributed by atoms with Crippen LogP contribution in [0.4, 0.5) is 0 Å². The van der Waals surface area contributed by atoms with E-state index in [0.29, 0.717) is 35.3 Å². The lowest BCUT2D eigenvalue weighted by molar-refractivity contribution is 0.104. The van der Waals surface area contributed by atoms with Crippen molar-refractivity contribution in [1.29, 1.82) is 0 Å². The van der Waals surface area contributed by atoms with Crippen LogP contribution in [0.15, 0.2) is 72.8 Å². The van der Waals surface area contributed by atoms with Gasteiger partial charge in [0, 0.05) is 16.1 Å². The smallest absolute Gasteiger partial charge is 0.185 e. The Morgan fingerprint density at radius 3 is 2.48 bits per heavy atom. The summed E-state index contributed by atoms with van der Waals surface area (Å²) in [5, 5.41) is 9.97. The van der Waals surface area contributed by atoms with Crippen molar-refractivity contribution in [3.05, 3.63) is 94.5 Å². The van der Waals surface area contributed by atoms with Crippen LogP contribution in [0.2, 0.25) is 5.02 Å². The maximum atomic E-state index is 12.3. The maximum absolute atomic E-state index is 12.3. The summed E-state index contributed by atoms with van der Waals surface area (Å²) in [4.78, 5) is 12.3. The summed E-state index contributed by atoms with van der Waals surface area (Å²) in [5.74, 6) is 1.17. The fraction of sp³-hybridized carbons (Fsp3) is 0.125. The molecule has 0 spiro atoms. The summed E-state index contributed by atoms with van der Waals surface area (Å²) < 4.78 is 11.6. The lowest BCUT2D eigenvalue weighted by atomic mass is 10.1. The maximum Gasteiger partial charge on any atom is 0.185 e. The highest BCUT2D eigenvalue weighted by atomic mass is 35.5. The summed E-state index contributed by atoms with van der Waals surface area (Å²) in [6.07, 6.45) is 3.21. The zero-order valence-corrected chi connectivity index (χ0v) is 16.7. The third-order valence-corrected chi connectivity index (χ3v) is 4.56. The van der Waals surface area contributed by atoms with Gasteiger partial charge >= 0.3 is 0 Å². The Bertz CT molecular complexity index is 1010. The highest BCUT2D eigenvalue weighted by Gasteiger charge is 2.08. The number of benzene rings is 3. The van der Waals surface area contributed by atoms with Gasteiger partial charge < -0.3 is 14.6 Å². The van der Waals surface area contributed by atoms with Gasteiger partial charge in [-0.05, 0) is 61.0 Å². The van der Waals surface area contributed by atoms with Gasteiger partial charge in [-0.25, -0.2) is 0 Å². The molecule has 0 atom stereocenters. The molecule has 0 aliphatic heterocycles. The van der Waals surface area contributed by atoms with E-state index in [1.165, 1.54) is 18.2 Å². The van der Waals surface area contributed by atoms with Crippen LogP contribution in [-0.2, 0) is 6.61 Å². The molecule has 0 aromatic heterocycles. The molecule has 0 amide bonds. The lowest BCUT2D eigenvalue weighted by Crippen LogP contribution is -2.00. The van der Waals surface area contributed by atoms with Gasteiger partial charge in [-0.15, -0.1) is 0 Å². The molecule has 3 aromatic carbocycles. The third kappa shape index (κ3) is 5.62. The van der Waals surface area contributed by atoms with Crippen molar-refractivity contribution in [3.8, 4) is 17.2 Å². The average Bonchev–Trinajstić information content (AvgIpc) is 2.73. The summed E-state index contributed by atoms with van der Waals surface area (Å²) in [7, 11) is 0. The van der Waals surface area contributed by atoms with Crippen LogP contribution in [0, 0.1) is 0 Å². The van der Waals surface area contributed by atoms with Gasteiger partial charge in [0.25, 0.3) is 0 Å². The second kappa shape index (κ2) is 9.80. The molecule has 29 heavy (non-hydrogen) atoms. The molecule has 0 unspecified atom stereocenters. The Labute approximate surface area is 175 Å². The molecule has 0 bridgehead atoms. The molecule has 0 heterocycles. The van der Waals surface area contributed by atoms with E-state index >= 15 is 0 Å². The van der Waals surface area contributed by atoms with Gasteiger partial charge in [-0.3, -0.25) is 4.79 Å². The lowest BCUT2D eigenvalue weighted by Gasteiger charge is -2.13. The Balaban J connectivity index is 1.73. The second-order valence-electron chi connectivity index (χ2n) is 6.26. The molecule has 148 valence electrons. The van der Waals surface area contributed by atoms with E-state index in [2.05, 4.69) is 0 Å². The number of phenolic OH excluding ortho intramolecular Hbond substituents is 1. The van der Waals surface area contributed by atoms with Crippen LogP contribution in [0.25, 0.3) is 6.08 Å². The van der Waals surface area contributed by atoms with E-state index in [4.69, 9.17) is 21.1 Å². The minimum Gasteiger partial charge on any atom is -0.508 e. The van der Waals surface area contributed by atoms with Gasteiger partial charge in [-0.2, -0.15) is 0 Å². The molecule has 3 aromatic rings. The van der Waals surface area contributed by atoms with Crippen molar-refractivity contribution in [3.63, 3.8) is 0 Å². The summed E-state index contributed by atoms with van der Waals surface area (Å²) in [6.45, 7) is 2.71. The van der Waals surface area contributed by atoms with Crippen molar-refractivity contribution in [1.82, 2.24) is 0 Å². The topological polar surface area (TPSA) is 55.8 Å². The van der Waals surface area contributed by atoms with E-state index in [0.717, 1.165) is 11.1 Å². The molecule has 0 fully saturated rings. The van der Waals surface area contributed by atoms with Gasteiger partial charge in [0.05, 0.1) is 6.61 Å². The number of ether oxygens (including phenoxy) is 2. The fourth-order valence-corrected chi connectivity index (χ4v) is 2.87. The van der Waals surface area contributed by atoms with Crippen molar-refractivity contribution < 1.29 is 19.4 Å². The van der Waals surface area contributed by atoms with Gasteiger partial charge in [-0.1, -0.05) is 41.9 Å². The molecule has 0 radical (unpaired) electrons. The van der Waals surface area contributed by atoms with Gasteiger partial charge in [0.2, 0.25) is 0 Å². The van der Waals surface area contributed by atoms with Gasteiger partial charge in [0.15, 0.2) is 17.3 Å². The first-order chi connectivity index (χ1) is 14.1. The van der Waals surface area contributed by atoms with Gasteiger partial charge in [0.1, 0.15) is 12.4 Å². The number of ketones is 1. The third-order valence-electron chi connectivity index (χ3n) is 4.19.